The summed E-state index contributed by atoms with van der Waals surface area (Å²) in [5, 5.41) is 2.71. The average Bonchev–Trinajstić information content (AvgIpc) is 3.15. The molecule has 2 amide bonds. The van der Waals surface area contributed by atoms with Crippen LogP contribution in [0.2, 0.25) is 0 Å². The van der Waals surface area contributed by atoms with Gasteiger partial charge in [-0.1, -0.05) is 12.1 Å². The molecule has 2 heterocycles. The predicted molar refractivity (Wildman–Crippen MR) is 93.7 cm³/mol. The minimum Gasteiger partial charge on any atom is -0.496 e. The van der Waals surface area contributed by atoms with Crippen LogP contribution in [0.4, 0.5) is 0 Å². The molecule has 1 unspecified atom stereocenters. The number of H-pyrrole nitrogens is 1. The Labute approximate surface area is 151 Å². The molecule has 0 radical (unpaired) electrons. The zero-order chi connectivity index (χ0) is 18.5. The molecule has 2 aromatic rings. The number of hydrogen-bond donors (Lipinski definition) is 2. The highest BCUT2D eigenvalue weighted by atomic mass is 16.5. The summed E-state index contributed by atoms with van der Waals surface area (Å²) in [6.07, 6.45) is 1.32. The number of morpholine rings is 1. The van der Waals surface area contributed by atoms with Gasteiger partial charge in [-0.3, -0.25) is 9.59 Å². The number of benzene rings is 1. The van der Waals surface area contributed by atoms with Crippen molar-refractivity contribution in [3.05, 3.63) is 47.5 Å². The molecule has 8 heteroatoms. The standard InChI is InChI=1S/C18H22N4O4/c1-12(23)19-9-13-10-20-17(21-13)16-11-22(7-8-26-16)18(24)14-5-3-4-6-15(14)25-2/h3-6,10,16H,7-9,11H2,1-2H3,(H,19,23)(H,20,21). The van der Waals surface area contributed by atoms with Crippen LogP contribution in [0.15, 0.2) is 30.5 Å². The number of ether oxygens (including phenoxy) is 2. The number of nitrogens with zero attached hydrogens (tertiary/aromatic N) is 2. The van der Waals surface area contributed by atoms with Crippen molar-refractivity contribution in [3.63, 3.8) is 0 Å². The highest BCUT2D eigenvalue weighted by Gasteiger charge is 2.29. The quantitative estimate of drug-likeness (QED) is 0.839. The largest absolute Gasteiger partial charge is 0.496 e. The molecule has 0 aliphatic carbocycles. The summed E-state index contributed by atoms with van der Waals surface area (Å²) in [4.78, 5) is 33.1. The SMILES string of the molecule is COc1ccccc1C(=O)N1CCOC(c2ncc(CNC(C)=O)[nH]2)C1. The molecule has 1 aromatic heterocycles. The summed E-state index contributed by atoms with van der Waals surface area (Å²) in [7, 11) is 1.55. The summed E-state index contributed by atoms with van der Waals surface area (Å²) < 4.78 is 11.1. The summed E-state index contributed by atoms with van der Waals surface area (Å²) in [6, 6.07) is 7.17. The number of rotatable bonds is 5. The van der Waals surface area contributed by atoms with Crippen molar-refractivity contribution in [1.29, 1.82) is 0 Å². The topological polar surface area (TPSA) is 96.5 Å². The number of carbonyl (C=O) groups excluding carboxylic acids is 2. The summed E-state index contributed by atoms with van der Waals surface area (Å²) >= 11 is 0. The van der Waals surface area contributed by atoms with Crippen molar-refractivity contribution in [2.75, 3.05) is 26.8 Å². The molecule has 26 heavy (non-hydrogen) atoms. The first-order chi connectivity index (χ1) is 12.6. The van der Waals surface area contributed by atoms with E-state index in [1.165, 1.54) is 6.92 Å². The maximum Gasteiger partial charge on any atom is 0.257 e. The van der Waals surface area contributed by atoms with Crippen LogP contribution in [0.5, 0.6) is 5.75 Å². The van der Waals surface area contributed by atoms with Gasteiger partial charge in [0.1, 0.15) is 17.7 Å². The van der Waals surface area contributed by atoms with Gasteiger partial charge in [-0.05, 0) is 12.1 Å². The Bertz CT molecular complexity index is 789. The number of aromatic nitrogens is 2. The Kier molecular flexibility index (Phi) is 5.52. The van der Waals surface area contributed by atoms with Crippen molar-refractivity contribution in [3.8, 4) is 5.75 Å². The Morgan fingerprint density at radius 1 is 1.42 bits per heavy atom. The number of para-hydroxylation sites is 1. The lowest BCUT2D eigenvalue weighted by Crippen LogP contribution is -2.42. The molecular weight excluding hydrogens is 336 g/mol. The summed E-state index contributed by atoms with van der Waals surface area (Å²) in [6.45, 7) is 3.16. The fraction of sp³-hybridized carbons (Fsp3) is 0.389. The monoisotopic (exact) mass is 358 g/mol. The van der Waals surface area contributed by atoms with Crippen molar-refractivity contribution < 1.29 is 19.1 Å². The van der Waals surface area contributed by atoms with Gasteiger partial charge in [-0.2, -0.15) is 0 Å². The smallest absolute Gasteiger partial charge is 0.257 e. The first-order valence-electron chi connectivity index (χ1n) is 8.40. The van der Waals surface area contributed by atoms with Crippen molar-refractivity contribution in [1.82, 2.24) is 20.2 Å². The van der Waals surface area contributed by atoms with E-state index in [0.29, 0.717) is 43.4 Å². The van der Waals surface area contributed by atoms with E-state index in [-0.39, 0.29) is 17.9 Å². The fourth-order valence-corrected chi connectivity index (χ4v) is 2.84. The third-order valence-corrected chi connectivity index (χ3v) is 4.17. The van der Waals surface area contributed by atoms with Crippen LogP contribution in [0, 0.1) is 0 Å². The molecule has 1 aliphatic rings. The Morgan fingerprint density at radius 2 is 2.23 bits per heavy atom. The van der Waals surface area contributed by atoms with E-state index >= 15 is 0 Å². The first-order valence-corrected chi connectivity index (χ1v) is 8.40. The lowest BCUT2D eigenvalue weighted by molar-refractivity contribution is -0.119. The zero-order valence-electron chi connectivity index (χ0n) is 14.8. The van der Waals surface area contributed by atoms with Gasteiger partial charge in [0.2, 0.25) is 5.91 Å². The van der Waals surface area contributed by atoms with Crippen LogP contribution < -0.4 is 10.1 Å². The zero-order valence-corrected chi connectivity index (χ0v) is 14.8. The van der Waals surface area contributed by atoms with Gasteiger partial charge in [-0.25, -0.2) is 4.98 Å². The third kappa shape index (κ3) is 4.02. The van der Waals surface area contributed by atoms with Gasteiger partial charge < -0.3 is 24.7 Å². The minimum absolute atomic E-state index is 0.0965. The second kappa shape index (κ2) is 8.01. The minimum atomic E-state index is -0.339. The second-order valence-electron chi connectivity index (χ2n) is 6.01. The highest BCUT2D eigenvalue weighted by Crippen LogP contribution is 2.24. The summed E-state index contributed by atoms with van der Waals surface area (Å²) in [5.41, 5.74) is 1.31. The number of nitrogens with one attached hydrogen (secondary N) is 2. The van der Waals surface area contributed by atoms with Crippen LogP contribution in [0.1, 0.15) is 34.9 Å². The van der Waals surface area contributed by atoms with Crippen molar-refractivity contribution in [2.45, 2.75) is 19.6 Å². The molecule has 1 aliphatic heterocycles. The molecular formula is C18H22N4O4. The van der Waals surface area contributed by atoms with Gasteiger partial charge in [0.15, 0.2) is 0 Å². The molecule has 1 aromatic carbocycles. The van der Waals surface area contributed by atoms with Gasteiger partial charge in [0.05, 0.1) is 44.3 Å². The van der Waals surface area contributed by atoms with Gasteiger partial charge in [0, 0.05) is 13.5 Å². The van der Waals surface area contributed by atoms with Gasteiger partial charge in [0.25, 0.3) is 5.91 Å². The van der Waals surface area contributed by atoms with Crippen LogP contribution in [0.25, 0.3) is 0 Å². The number of hydrogen-bond acceptors (Lipinski definition) is 5. The number of aromatic amines is 1. The molecule has 1 fully saturated rings. The van der Waals surface area contributed by atoms with E-state index in [2.05, 4.69) is 15.3 Å². The maximum atomic E-state index is 12.9. The number of imidazole rings is 1. The number of methoxy groups -OCH3 is 1. The molecule has 0 spiro atoms. The molecule has 8 nitrogen and oxygen atoms in total. The number of amides is 2. The molecule has 0 bridgehead atoms. The van der Waals surface area contributed by atoms with E-state index in [9.17, 15) is 9.59 Å². The van der Waals surface area contributed by atoms with Gasteiger partial charge >= 0.3 is 0 Å². The molecule has 3 rings (SSSR count). The van der Waals surface area contributed by atoms with E-state index in [1.807, 2.05) is 12.1 Å². The Hall–Kier alpha value is -2.87. The second-order valence-corrected chi connectivity index (χ2v) is 6.01. The summed E-state index contributed by atoms with van der Waals surface area (Å²) in [5.74, 6) is 0.989. The van der Waals surface area contributed by atoms with Crippen LogP contribution in [-0.4, -0.2) is 53.5 Å². The number of carbonyl (C=O) groups is 2. The van der Waals surface area contributed by atoms with Crippen molar-refractivity contribution in [2.24, 2.45) is 0 Å². The first kappa shape index (κ1) is 17.9. The lowest BCUT2D eigenvalue weighted by Gasteiger charge is -2.32. The molecule has 1 saturated heterocycles. The van der Waals surface area contributed by atoms with Crippen LogP contribution in [-0.2, 0) is 16.1 Å². The molecule has 138 valence electrons. The van der Waals surface area contributed by atoms with E-state index in [0.717, 1.165) is 5.69 Å². The van der Waals surface area contributed by atoms with E-state index in [4.69, 9.17) is 9.47 Å². The lowest BCUT2D eigenvalue weighted by atomic mass is 10.1. The van der Waals surface area contributed by atoms with Crippen LogP contribution >= 0.6 is 0 Å². The normalized spacial score (nSPS) is 17.0. The van der Waals surface area contributed by atoms with E-state index < -0.39 is 0 Å². The molecule has 1 atom stereocenters. The Balaban J connectivity index is 1.69. The Morgan fingerprint density at radius 3 is 3.00 bits per heavy atom. The average molecular weight is 358 g/mol. The third-order valence-electron chi connectivity index (χ3n) is 4.17. The predicted octanol–water partition coefficient (Wildman–Crippen LogP) is 1.27. The van der Waals surface area contributed by atoms with Gasteiger partial charge in [-0.15, -0.1) is 0 Å². The highest BCUT2D eigenvalue weighted by molar-refractivity contribution is 5.97. The fourth-order valence-electron chi connectivity index (χ4n) is 2.84. The molecule has 2 N–H and O–H groups in total. The maximum absolute atomic E-state index is 12.9. The van der Waals surface area contributed by atoms with Crippen molar-refractivity contribution >= 4 is 11.8 Å². The van der Waals surface area contributed by atoms with E-state index in [1.54, 1.807) is 30.3 Å². The van der Waals surface area contributed by atoms with Crippen LogP contribution in [0.3, 0.4) is 0 Å². The molecule has 0 saturated carbocycles.